The number of benzene rings is 1. The molecule has 0 heterocycles. The molecule has 1 aliphatic carbocycles. The van der Waals surface area contributed by atoms with Crippen LogP contribution >= 0.6 is 23.5 Å². The molecule has 114 valence electrons. The van der Waals surface area contributed by atoms with Crippen molar-refractivity contribution in [2.75, 3.05) is 26.7 Å². The van der Waals surface area contributed by atoms with Crippen LogP contribution in [0.3, 0.4) is 0 Å². The predicted molar refractivity (Wildman–Crippen MR) is 90.5 cm³/mol. The summed E-state index contributed by atoms with van der Waals surface area (Å²) in [5.41, 5.74) is 1.15. The Morgan fingerprint density at radius 3 is 2.43 bits per heavy atom. The molecule has 3 nitrogen and oxygen atoms in total. The average Bonchev–Trinajstić information content (AvgIpc) is 3.32. The van der Waals surface area contributed by atoms with Crippen LogP contribution in [0.15, 0.2) is 28.5 Å². The summed E-state index contributed by atoms with van der Waals surface area (Å²) in [5, 5.41) is 0. The fourth-order valence-electron chi connectivity index (χ4n) is 2.39. The number of carbonyl (C=O) groups excluding carboxylic acids is 1. The minimum atomic E-state index is 0.109. The zero-order valence-corrected chi connectivity index (χ0v) is 14.3. The largest absolute Gasteiger partial charge is 0.493 e. The van der Waals surface area contributed by atoms with E-state index >= 15 is 0 Å². The standard InChI is InChI=1S/C16H20O3S2/c1-18-14-6-5-10(7-15(14)19-2)11-8-12(11)13(17)9-16(20-3)21-4/h5-7,9,11-12H,8H2,1-4H3. The van der Waals surface area contributed by atoms with Gasteiger partial charge in [0.25, 0.3) is 0 Å². The Balaban J connectivity index is 2.09. The Labute approximate surface area is 134 Å². The van der Waals surface area contributed by atoms with Gasteiger partial charge in [-0.1, -0.05) is 6.07 Å². The van der Waals surface area contributed by atoms with Crippen molar-refractivity contribution in [3.63, 3.8) is 0 Å². The van der Waals surface area contributed by atoms with E-state index in [1.165, 1.54) is 0 Å². The Hall–Kier alpha value is -1.07. The molecule has 0 spiro atoms. The molecule has 1 aromatic carbocycles. The minimum absolute atomic E-state index is 0.109. The zero-order chi connectivity index (χ0) is 15.4. The lowest BCUT2D eigenvalue weighted by atomic mass is 10.1. The topological polar surface area (TPSA) is 35.5 Å². The molecule has 0 bridgehead atoms. The first-order valence-electron chi connectivity index (χ1n) is 6.70. The summed E-state index contributed by atoms with van der Waals surface area (Å²) in [6, 6.07) is 5.90. The lowest BCUT2D eigenvalue weighted by Crippen LogP contribution is -1.99. The molecule has 1 fully saturated rings. The molecule has 2 atom stereocenters. The SMILES string of the molecule is COc1ccc(C2CC2C(=O)C=C(SC)SC)cc1OC. The highest BCUT2D eigenvalue weighted by molar-refractivity contribution is 8.21. The molecule has 5 heteroatoms. The molecular formula is C16H20O3S2. The van der Waals surface area contributed by atoms with Crippen molar-refractivity contribution in [2.45, 2.75) is 12.3 Å². The molecule has 0 amide bonds. The monoisotopic (exact) mass is 324 g/mol. The van der Waals surface area contributed by atoms with Crippen molar-refractivity contribution in [2.24, 2.45) is 5.92 Å². The van der Waals surface area contributed by atoms with E-state index in [1.54, 1.807) is 43.8 Å². The second-order valence-corrected chi connectivity index (χ2v) is 6.79. The molecule has 0 N–H and O–H groups in total. The second-order valence-electron chi connectivity index (χ2n) is 4.84. The maximum atomic E-state index is 12.2. The normalized spacial score (nSPS) is 19.8. The van der Waals surface area contributed by atoms with Crippen molar-refractivity contribution in [3.8, 4) is 11.5 Å². The van der Waals surface area contributed by atoms with Gasteiger partial charge >= 0.3 is 0 Å². The number of thioether (sulfide) groups is 2. The van der Waals surface area contributed by atoms with Gasteiger partial charge in [0.05, 0.1) is 14.2 Å². The van der Waals surface area contributed by atoms with Gasteiger partial charge in [0.1, 0.15) is 0 Å². The van der Waals surface area contributed by atoms with Crippen molar-refractivity contribution in [1.82, 2.24) is 0 Å². The third-order valence-corrected chi connectivity index (χ3v) is 5.69. The predicted octanol–water partition coefficient (Wildman–Crippen LogP) is 3.94. The Kier molecular flexibility index (Phi) is 5.65. The number of allylic oxidation sites excluding steroid dienone is 1. The number of hydrogen-bond acceptors (Lipinski definition) is 5. The van der Waals surface area contributed by atoms with E-state index in [9.17, 15) is 4.79 Å². The summed E-state index contributed by atoms with van der Waals surface area (Å²) in [6.45, 7) is 0. The summed E-state index contributed by atoms with van der Waals surface area (Å²) < 4.78 is 11.6. The van der Waals surface area contributed by atoms with Gasteiger partial charge in [-0.25, -0.2) is 0 Å². The smallest absolute Gasteiger partial charge is 0.161 e. The van der Waals surface area contributed by atoms with Crippen LogP contribution in [0.2, 0.25) is 0 Å². The van der Waals surface area contributed by atoms with E-state index in [0.717, 1.165) is 27.7 Å². The maximum absolute atomic E-state index is 12.2. The molecule has 21 heavy (non-hydrogen) atoms. The Bertz CT molecular complexity index is 548. The van der Waals surface area contributed by atoms with Crippen molar-refractivity contribution in [1.29, 1.82) is 0 Å². The van der Waals surface area contributed by atoms with E-state index in [4.69, 9.17) is 9.47 Å². The molecule has 0 radical (unpaired) electrons. The lowest BCUT2D eigenvalue weighted by Gasteiger charge is -2.09. The maximum Gasteiger partial charge on any atom is 0.161 e. The fraction of sp³-hybridized carbons (Fsp3) is 0.438. The number of ether oxygens (including phenoxy) is 2. The van der Waals surface area contributed by atoms with Crippen LogP contribution in [0.25, 0.3) is 0 Å². The number of carbonyl (C=O) groups is 1. The van der Waals surface area contributed by atoms with E-state index in [2.05, 4.69) is 0 Å². The van der Waals surface area contributed by atoms with Gasteiger partial charge < -0.3 is 9.47 Å². The first kappa shape index (κ1) is 16.3. The summed E-state index contributed by atoms with van der Waals surface area (Å²) in [4.78, 5) is 12.2. The molecule has 1 saturated carbocycles. The molecule has 2 unspecified atom stereocenters. The van der Waals surface area contributed by atoms with Gasteiger partial charge in [-0.2, -0.15) is 0 Å². The number of ketones is 1. The van der Waals surface area contributed by atoms with E-state index in [0.29, 0.717) is 5.92 Å². The average molecular weight is 324 g/mol. The first-order chi connectivity index (χ1) is 10.1. The molecule has 1 aliphatic rings. The van der Waals surface area contributed by atoms with Crippen LogP contribution in [0.1, 0.15) is 17.9 Å². The molecular weight excluding hydrogens is 304 g/mol. The van der Waals surface area contributed by atoms with Crippen LogP contribution in [0.4, 0.5) is 0 Å². The number of rotatable bonds is 7. The first-order valence-corrected chi connectivity index (χ1v) is 9.15. The van der Waals surface area contributed by atoms with Gasteiger partial charge in [-0.15, -0.1) is 23.5 Å². The van der Waals surface area contributed by atoms with Crippen molar-refractivity contribution >= 4 is 29.3 Å². The van der Waals surface area contributed by atoms with Gasteiger partial charge in [-0.3, -0.25) is 4.79 Å². The zero-order valence-electron chi connectivity index (χ0n) is 12.7. The summed E-state index contributed by atoms with van der Waals surface area (Å²) in [7, 11) is 3.25. The Morgan fingerprint density at radius 2 is 1.86 bits per heavy atom. The summed E-state index contributed by atoms with van der Waals surface area (Å²) >= 11 is 3.24. The highest BCUT2D eigenvalue weighted by Gasteiger charge is 2.43. The number of methoxy groups -OCH3 is 2. The lowest BCUT2D eigenvalue weighted by molar-refractivity contribution is -0.115. The Morgan fingerprint density at radius 1 is 1.19 bits per heavy atom. The quantitative estimate of drug-likeness (QED) is 0.710. The number of hydrogen-bond donors (Lipinski definition) is 0. The van der Waals surface area contributed by atoms with Gasteiger partial charge in [-0.05, 0) is 42.5 Å². The van der Waals surface area contributed by atoms with Gasteiger partial charge in [0, 0.05) is 16.2 Å². The molecule has 0 aromatic heterocycles. The van der Waals surface area contributed by atoms with Crippen LogP contribution in [-0.2, 0) is 4.79 Å². The van der Waals surface area contributed by atoms with E-state index in [1.807, 2.05) is 30.7 Å². The van der Waals surface area contributed by atoms with Crippen LogP contribution in [-0.4, -0.2) is 32.5 Å². The molecule has 1 aromatic rings. The van der Waals surface area contributed by atoms with Crippen molar-refractivity contribution < 1.29 is 14.3 Å². The third kappa shape index (κ3) is 3.77. The third-order valence-electron chi connectivity index (χ3n) is 3.65. The highest BCUT2D eigenvalue weighted by atomic mass is 32.2. The minimum Gasteiger partial charge on any atom is -0.493 e. The second kappa shape index (κ2) is 7.27. The fourth-order valence-corrected chi connectivity index (χ4v) is 3.52. The van der Waals surface area contributed by atoms with E-state index < -0.39 is 0 Å². The van der Waals surface area contributed by atoms with Crippen molar-refractivity contribution in [3.05, 3.63) is 34.1 Å². The van der Waals surface area contributed by atoms with Gasteiger partial charge in [0.15, 0.2) is 17.3 Å². The summed E-state index contributed by atoms with van der Waals surface area (Å²) in [5.74, 6) is 2.08. The summed E-state index contributed by atoms with van der Waals surface area (Å²) in [6.07, 6.45) is 6.68. The molecule has 0 aliphatic heterocycles. The van der Waals surface area contributed by atoms with Crippen LogP contribution in [0, 0.1) is 5.92 Å². The van der Waals surface area contributed by atoms with Crippen LogP contribution < -0.4 is 9.47 Å². The van der Waals surface area contributed by atoms with Crippen LogP contribution in [0.5, 0.6) is 11.5 Å². The molecule has 0 saturated heterocycles. The molecule has 2 rings (SSSR count). The van der Waals surface area contributed by atoms with Gasteiger partial charge in [0.2, 0.25) is 0 Å². The highest BCUT2D eigenvalue weighted by Crippen LogP contribution is 2.50. The van der Waals surface area contributed by atoms with E-state index in [-0.39, 0.29) is 11.7 Å².